The topological polar surface area (TPSA) is 55.3 Å². The number of pyridine rings is 1. The number of ether oxygens (including phenoxy) is 1. The summed E-state index contributed by atoms with van der Waals surface area (Å²) < 4.78 is 5.72. The molecule has 2 aromatic heterocycles. The van der Waals surface area contributed by atoms with Gasteiger partial charge in [-0.3, -0.25) is 4.79 Å². The van der Waals surface area contributed by atoms with Gasteiger partial charge in [0.2, 0.25) is 0 Å². The molecule has 3 rings (SSSR count). The summed E-state index contributed by atoms with van der Waals surface area (Å²) in [6.07, 6.45) is 1.63. The highest BCUT2D eigenvalue weighted by Gasteiger charge is 2.28. The molecule has 1 atom stereocenters. The van der Waals surface area contributed by atoms with Crippen molar-refractivity contribution >= 4 is 17.2 Å². The molecule has 1 unspecified atom stereocenters. The molecular formula is C15H17N3O2S. The van der Waals surface area contributed by atoms with Crippen molar-refractivity contribution < 1.29 is 9.53 Å². The molecule has 6 heteroatoms. The van der Waals surface area contributed by atoms with E-state index in [0.717, 1.165) is 16.3 Å². The highest BCUT2D eigenvalue weighted by molar-refractivity contribution is 7.09. The second-order valence-corrected chi connectivity index (χ2v) is 6.01. The van der Waals surface area contributed by atoms with Crippen molar-refractivity contribution in [2.45, 2.75) is 20.0 Å². The maximum absolute atomic E-state index is 12.6. The molecule has 0 N–H and O–H groups in total. The van der Waals surface area contributed by atoms with Gasteiger partial charge in [-0.2, -0.15) is 0 Å². The van der Waals surface area contributed by atoms with Crippen LogP contribution in [-0.4, -0.2) is 40.5 Å². The quantitative estimate of drug-likeness (QED) is 0.854. The van der Waals surface area contributed by atoms with Gasteiger partial charge in [0.25, 0.3) is 5.91 Å². The molecule has 110 valence electrons. The van der Waals surface area contributed by atoms with Gasteiger partial charge < -0.3 is 9.64 Å². The second kappa shape index (κ2) is 5.91. The number of hydrogen-bond acceptors (Lipinski definition) is 5. The predicted octanol–water partition coefficient (Wildman–Crippen LogP) is 2.37. The largest absolute Gasteiger partial charge is 0.367 e. The fraction of sp³-hybridized carbons (Fsp3) is 0.400. The standard InChI is InChI=1S/C15H17N3O2S/c1-10-3-4-12(17-11(10)2)15(19)18-6-7-20-13(9-18)14-16-5-8-21-14/h3-5,8,13H,6-7,9H2,1-2H3. The van der Waals surface area contributed by atoms with Gasteiger partial charge in [0, 0.05) is 23.8 Å². The summed E-state index contributed by atoms with van der Waals surface area (Å²) in [4.78, 5) is 23.0. The third kappa shape index (κ3) is 2.96. The van der Waals surface area contributed by atoms with Crippen LogP contribution in [-0.2, 0) is 4.74 Å². The molecule has 1 amide bonds. The molecular weight excluding hydrogens is 286 g/mol. The van der Waals surface area contributed by atoms with Crippen molar-refractivity contribution in [1.29, 1.82) is 0 Å². The number of carbonyl (C=O) groups is 1. The number of carbonyl (C=O) groups excluding carboxylic acids is 1. The number of rotatable bonds is 2. The van der Waals surface area contributed by atoms with Crippen molar-refractivity contribution in [3.8, 4) is 0 Å². The van der Waals surface area contributed by atoms with Gasteiger partial charge in [0.05, 0.1) is 13.2 Å². The van der Waals surface area contributed by atoms with E-state index in [-0.39, 0.29) is 12.0 Å². The lowest BCUT2D eigenvalue weighted by atomic mass is 10.2. The molecule has 5 nitrogen and oxygen atoms in total. The Morgan fingerprint density at radius 1 is 1.43 bits per heavy atom. The molecule has 1 fully saturated rings. The van der Waals surface area contributed by atoms with Crippen molar-refractivity contribution in [1.82, 2.24) is 14.9 Å². The van der Waals surface area contributed by atoms with Gasteiger partial charge in [-0.25, -0.2) is 9.97 Å². The van der Waals surface area contributed by atoms with Crippen LogP contribution < -0.4 is 0 Å². The van der Waals surface area contributed by atoms with E-state index in [1.165, 1.54) is 0 Å². The monoisotopic (exact) mass is 303 g/mol. The van der Waals surface area contributed by atoms with E-state index < -0.39 is 0 Å². The van der Waals surface area contributed by atoms with E-state index in [4.69, 9.17) is 4.74 Å². The zero-order chi connectivity index (χ0) is 14.8. The minimum absolute atomic E-state index is 0.0389. The lowest BCUT2D eigenvalue weighted by Crippen LogP contribution is -2.42. The zero-order valence-electron chi connectivity index (χ0n) is 12.1. The van der Waals surface area contributed by atoms with Gasteiger partial charge >= 0.3 is 0 Å². The molecule has 0 saturated carbocycles. The van der Waals surface area contributed by atoms with Gasteiger partial charge in [-0.15, -0.1) is 11.3 Å². The summed E-state index contributed by atoms with van der Waals surface area (Å²) in [6, 6.07) is 3.73. The van der Waals surface area contributed by atoms with E-state index >= 15 is 0 Å². The first kappa shape index (κ1) is 14.2. The Morgan fingerprint density at radius 2 is 2.29 bits per heavy atom. The summed E-state index contributed by atoms with van der Waals surface area (Å²) in [5.41, 5.74) is 2.48. The first-order chi connectivity index (χ1) is 10.1. The number of morpholine rings is 1. The number of amides is 1. The molecule has 2 aromatic rings. The number of aryl methyl sites for hydroxylation is 2. The van der Waals surface area contributed by atoms with Gasteiger partial charge in [-0.05, 0) is 25.5 Å². The van der Waals surface area contributed by atoms with Crippen molar-refractivity contribution in [3.63, 3.8) is 0 Å². The Labute approximate surface area is 127 Å². The number of nitrogens with zero attached hydrogens (tertiary/aromatic N) is 3. The highest BCUT2D eigenvalue weighted by Crippen LogP contribution is 2.24. The lowest BCUT2D eigenvalue weighted by molar-refractivity contribution is -0.0230. The summed E-state index contributed by atoms with van der Waals surface area (Å²) >= 11 is 1.55. The normalized spacial score (nSPS) is 18.8. The van der Waals surface area contributed by atoms with E-state index in [2.05, 4.69) is 9.97 Å². The third-order valence-corrected chi connectivity index (χ3v) is 4.52. The van der Waals surface area contributed by atoms with Crippen LogP contribution in [0.2, 0.25) is 0 Å². The molecule has 0 aliphatic carbocycles. The van der Waals surface area contributed by atoms with E-state index in [0.29, 0.717) is 25.4 Å². The SMILES string of the molecule is Cc1ccc(C(=O)N2CCOC(c3nccs3)C2)nc1C. The molecule has 0 bridgehead atoms. The summed E-state index contributed by atoms with van der Waals surface area (Å²) in [5.74, 6) is -0.0389. The maximum Gasteiger partial charge on any atom is 0.272 e. The van der Waals surface area contributed by atoms with Gasteiger partial charge in [-0.1, -0.05) is 6.07 Å². The van der Waals surface area contributed by atoms with Crippen LogP contribution in [0.3, 0.4) is 0 Å². The number of aromatic nitrogens is 2. The zero-order valence-corrected chi connectivity index (χ0v) is 12.9. The van der Waals surface area contributed by atoms with E-state index in [1.54, 1.807) is 28.5 Å². The third-order valence-electron chi connectivity index (χ3n) is 3.65. The average molecular weight is 303 g/mol. The van der Waals surface area contributed by atoms with Crippen LogP contribution in [0.15, 0.2) is 23.7 Å². The molecule has 0 aromatic carbocycles. The van der Waals surface area contributed by atoms with Crippen LogP contribution >= 0.6 is 11.3 Å². The maximum atomic E-state index is 12.6. The minimum atomic E-state index is -0.130. The molecule has 0 radical (unpaired) electrons. The van der Waals surface area contributed by atoms with Gasteiger partial charge in [0.1, 0.15) is 16.8 Å². The minimum Gasteiger partial charge on any atom is -0.367 e. The Morgan fingerprint density at radius 3 is 3.00 bits per heavy atom. The molecule has 1 saturated heterocycles. The average Bonchev–Trinajstić information content (AvgIpc) is 3.04. The van der Waals surface area contributed by atoms with Crippen LogP contribution in [0.5, 0.6) is 0 Å². The molecule has 1 aliphatic heterocycles. The summed E-state index contributed by atoms with van der Waals surface area (Å²) in [6.45, 7) is 5.56. The predicted molar refractivity (Wildman–Crippen MR) is 80.4 cm³/mol. The van der Waals surface area contributed by atoms with Crippen LogP contribution in [0.1, 0.15) is 32.9 Å². The number of hydrogen-bond donors (Lipinski definition) is 0. The fourth-order valence-corrected chi connectivity index (χ4v) is 2.97. The first-order valence-corrected chi connectivity index (χ1v) is 7.77. The van der Waals surface area contributed by atoms with Crippen molar-refractivity contribution in [2.24, 2.45) is 0 Å². The van der Waals surface area contributed by atoms with Crippen LogP contribution in [0.4, 0.5) is 0 Å². The molecule has 1 aliphatic rings. The van der Waals surface area contributed by atoms with Crippen LogP contribution in [0, 0.1) is 13.8 Å². The highest BCUT2D eigenvalue weighted by atomic mass is 32.1. The van der Waals surface area contributed by atoms with E-state index in [1.807, 2.05) is 25.3 Å². The number of thiazole rings is 1. The van der Waals surface area contributed by atoms with Crippen molar-refractivity contribution in [3.05, 3.63) is 45.7 Å². The fourth-order valence-electron chi connectivity index (χ4n) is 2.29. The molecule has 3 heterocycles. The Kier molecular flexibility index (Phi) is 3.98. The second-order valence-electron chi connectivity index (χ2n) is 5.08. The lowest BCUT2D eigenvalue weighted by Gasteiger charge is -2.31. The Balaban J connectivity index is 1.76. The molecule has 21 heavy (non-hydrogen) atoms. The Bertz CT molecular complexity index is 642. The van der Waals surface area contributed by atoms with Crippen molar-refractivity contribution in [2.75, 3.05) is 19.7 Å². The molecule has 0 spiro atoms. The smallest absolute Gasteiger partial charge is 0.272 e. The Hall–Kier alpha value is -1.79. The van der Waals surface area contributed by atoms with Gasteiger partial charge in [0.15, 0.2) is 0 Å². The summed E-state index contributed by atoms with van der Waals surface area (Å²) in [5, 5.41) is 2.84. The van der Waals surface area contributed by atoms with E-state index in [9.17, 15) is 4.79 Å². The summed E-state index contributed by atoms with van der Waals surface area (Å²) in [7, 11) is 0. The first-order valence-electron chi connectivity index (χ1n) is 6.89. The van der Waals surface area contributed by atoms with Crippen LogP contribution in [0.25, 0.3) is 0 Å².